The van der Waals surface area contributed by atoms with Gasteiger partial charge in [0.25, 0.3) is 0 Å². The van der Waals surface area contributed by atoms with Crippen molar-refractivity contribution in [3.63, 3.8) is 0 Å². The van der Waals surface area contributed by atoms with E-state index in [1.165, 1.54) is 24.0 Å². The van der Waals surface area contributed by atoms with Crippen LogP contribution >= 0.6 is 15.9 Å². The average molecular weight is 341 g/mol. The zero-order valence-electron chi connectivity index (χ0n) is 10.3. The third-order valence-corrected chi connectivity index (χ3v) is 4.34. The van der Waals surface area contributed by atoms with E-state index in [-0.39, 0.29) is 4.90 Å². The molecular formula is C14H13BrO3S. The highest BCUT2D eigenvalue weighted by atomic mass is 79.9. The van der Waals surface area contributed by atoms with Gasteiger partial charge < -0.3 is 4.74 Å². The zero-order valence-corrected chi connectivity index (χ0v) is 12.7. The second kappa shape index (κ2) is 5.75. The lowest BCUT2D eigenvalue weighted by molar-refractivity contribution is 0.482. The van der Waals surface area contributed by atoms with Gasteiger partial charge in [-0.2, -0.15) is 0 Å². The maximum Gasteiger partial charge on any atom is 0.175 e. The lowest BCUT2D eigenvalue weighted by Crippen LogP contribution is -1.96. The summed E-state index contributed by atoms with van der Waals surface area (Å²) in [5, 5.41) is 0.802. The molecule has 0 fully saturated rings. The van der Waals surface area contributed by atoms with Crippen molar-refractivity contribution in [2.75, 3.05) is 6.26 Å². The number of benzene rings is 2. The van der Waals surface area contributed by atoms with Gasteiger partial charge in [0.15, 0.2) is 9.84 Å². The summed E-state index contributed by atoms with van der Waals surface area (Å²) in [6.45, 7) is 0. The van der Waals surface area contributed by atoms with E-state index in [1.807, 2.05) is 24.3 Å². The Hall–Kier alpha value is -1.33. The van der Waals surface area contributed by atoms with Crippen molar-refractivity contribution < 1.29 is 13.2 Å². The van der Waals surface area contributed by atoms with E-state index in [1.54, 1.807) is 12.1 Å². The molecule has 3 nitrogen and oxygen atoms in total. The SMILES string of the molecule is CS(=O)(=O)c1ccc(Oc2ccc(CBr)cc2)cc1. The van der Waals surface area contributed by atoms with Crippen LogP contribution in [0.1, 0.15) is 5.56 Å². The first-order valence-electron chi connectivity index (χ1n) is 5.62. The Balaban J connectivity index is 2.15. The van der Waals surface area contributed by atoms with Crippen molar-refractivity contribution in [3.05, 3.63) is 54.1 Å². The van der Waals surface area contributed by atoms with Crippen molar-refractivity contribution in [1.82, 2.24) is 0 Å². The number of ether oxygens (including phenoxy) is 1. The predicted molar refractivity (Wildman–Crippen MR) is 78.7 cm³/mol. The summed E-state index contributed by atoms with van der Waals surface area (Å²) in [6.07, 6.45) is 1.18. The van der Waals surface area contributed by atoms with E-state index >= 15 is 0 Å². The van der Waals surface area contributed by atoms with Crippen molar-refractivity contribution in [2.24, 2.45) is 0 Å². The number of sulfone groups is 1. The third kappa shape index (κ3) is 3.81. The van der Waals surface area contributed by atoms with Crippen molar-refractivity contribution in [1.29, 1.82) is 0 Å². The van der Waals surface area contributed by atoms with Gasteiger partial charge in [-0.3, -0.25) is 0 Å². The summed E-state index contributed by atoms with van der Waals surface area (Å²) in [6, 6.07) is 14.1. The first kappa shape index (κ1) is 14.1. The van der Waals surface area contributed by atoms with Crippen molar-refractivity contribution >= 4 is 25.8 Å². The Morgan fingerprint density at radius 1 is 0.947 bits per heavy atom. The van der Waals surface area contributed by atoms with Crippen LogP contribution in [0.3, 0.4) is 0 Å². The van der Waals surface area contributed by atoms with Crippen LogP contribution in [0.4, 0.5) is 0 Å². The van der Waals surface area contributed by atoms with Crippen LogP contribution in [0.15, 0.2) is 53.4 Å². The summed E-state index contributed by atoms with van der Waals surface area (Å²) in [5.41, 5.74) is 1.17. The summed E-state index contributed by atoms with van der Waals surface area (Å²) >= 11 is 3.38. The number of halogens is 1. The van der Waals surface area contributed by atoms with E-state index in [9.17, 15) is 8.42 Å². The van der Waals surface area contributed by atoms with E-state index in [4.69, 9.17) is 4.74 Å². The van der Waals surface area contributed by atoms with E-state index in [0.29, 0.717) is 5.75 Å². The number of hydrogen-bond donors (Lipinski definition) is 0. The first-order chi connectivity index (χ1) is 8.99. The van der Waals surface area contributed by atoms with E-state index < -0.39 is 9.84 Å². The fourth-order valence-corrected chi connectivity index (χ4v) is 2.54. The minimum absolute atomic E-state index is 0.287. The molecule has 0 N–H and O–H groups in total. The van der Waals surface area contributed by atoms with Crippen molar-refractivity contribution in [2.45, 2.75) is 10.2 Å². The maximum atomic E-state index is 11.3. The van der Waals surface area contributed by atoms with E-state index in [0.717, 1.165) is 11.1 Å². The van der Waals surface area contributed by atoms with Crippen LogP contribution in [0.2, 0.25) is 0 Å². The fourth-order valence-electron chi connectivity index (χ4n) is 1.54. The van der Waals surface area contributed by atoms with Crippen LogP contribution in [0, 0.1) is 0 Å². The van der Waals surface area contributed by atoms with Crippen LogP contribution in [-0.4, -0.2) is 14.7 Å². The van der Waals surface area contributed by atoms with Gasteiger partial charge in [-0.15, -0.1) is 0 Å². The van der Waals surface area contributed by atoms with Gasteiger partial charge in [0.2, 0.25) is 0 Å². The summed E-state index contributed by atoms with van der Waals surface area (Å²) < 4.78 is 28.3. The van der Waals surface area contributed by atoms with Crippen LogP contribution in [-0.2, 0) is 15.2 Å². The Labute approximate surface area is 121 Å². The molecule has 0 amide bonds. The normalized spacial score (nSPS) is 11.3. The molecule has 5 heteroatoms. The highest BCUT2D eigenvalue weighted by Gasteiger charge is 2.06. The van der Waals surface area contributed by atoms with Gasteiger partial charge in [-0.05, 0) is 42.0 Å². The molecule has 0 aliphatic carbocycles. The maximum absolute atomic E-state index is 11.3. The zero-order chi connectivity index (χ0) is 13.9. The second-order valence-corrected chi connectivity index (χ2v) is 6.70. The number of alkyl halides is 1. The number of rotatable bonds is 4. The van der Waals surface area contributed by atoms with Crippen molar-refractivity contribution in [3.8, 4) is 11.5 Å². The van der Waals surface area contributed by atoms with Crippen LogP contribution < -0.4 is 4.74 Å². The van der Waals surface area contributed by atoms with Gasteiger partial charge >= 0.3 is 0 Å². The second-order valence-electron chi connectivity index (χ2n) is 4.12. The average Bonchev–Trinajstić information content (AvgIpc) is 2.39. The topological polar surface area (TPSA) is 43.4 Å². The smallest absolute Gasteiger partial charge is 0.175 e. The predicted octanol–water partition coefficient (Wildman–Crippen LogP) is 3.78. The molecule has 2 aromatic carbocycles. The van der Waals surface area contributed by atoms with Gasteiger partial charge in [0, 0.05) is 11.6 Å². The van der Waals surface area contributed by atoms with E-state index in [2.05, 4.69) is 15.9 Å². The van der Waals surface area contributed by atoms with Gasteiger partial charge in [0.05, 0.1) is 4.90 Å². The lowest BCUT2D eigenvalue weighted by Gasteiger charge is -2.06. The summed E-state index contributed by atoms with van der Waals surface area (Å²) in [5.74, 6) is 1.33. The molecule has 100 valence electrons. The first-order valence-corrected chi connectivity index (χ1v) is 8.63. The van der Waals surface area contributed by atoms with Crippen LogP contribution in [0.25, 0.3) is 0 Å². The molecule has 0 radical (unpaired) electrons. The molecule has 0 unspecified atom stereocenters. The quantitative estimate of drug-likeness (QED) is 0.795. The molecule has 0 aliphatic heterocycles. The molecule has 0 heterocycles. The highest BCUT2D eigenvalue weighted by Crippen LogP contribution is 2.23. The van der Waals surface area contributed by atoms with Gasteiger partial charge in [-0.25, -0.2) is 8.42 Å². The molecule has 19 heavy (non-hydrogen) atoms. The number of hydrogen-bond acceptors (Lipinski definition) is 3. The van der Waals surface area contributed by atoms with Gasteiger partial charge in [0.1, 0.15) is 11.5 Å². The monoisotopic (exact) mass is 340 g/mol. The molecule has 0 spiro atoms. The molecule has 0 bridgehead atoms. The standard InChI is InChI=1S/C14H13BrO3S/c1-19(16,17)14-8-6-13(7-9-14)18-12-4-2-11(10-15)3-5-12/h2-9H,10H2,1H3. The summed E-state index contributed by atoms with van der Waals surface area (Å²) in [7, 11) is -3.16. The molecule has 0 aromatic heterocycles. The molecule has 0 saturated heterocycles. The van der Waals surface area contributed by atoms with Crippen LogP contribution in [0.5, 0.6) is 11.5 Å². The fraction of sp³-hybridized carbons (Fsp3) is 0.143. The molecular weight excluding hydrogens is 328 g/mol. The summed E-state index contributed by atoms with van der Waals surface area (Å²) in [4.78, 5) is 0.287. The minimum atomic E-state index is -3.16. The molecule has 2 rings (SSSR count). The Bertz CT molecular complexity index is 646. The highest BCUT2D eigenvalue weighted by molar-refractivity contribution is 9.08. The largest absolute Gasteiger partial charge is 0.457 e. The molecule has 0 atom stereocenters. The molecule has 0 saturated carbocycles. The Kier molecular flexibility index (Phi) is 4.27. The molecule has 2 aromatic rings. The third-order valence-electron chi connectivity index (χ3n) is 2.57. The Morgan fingerprint density at radius 3 is 1.84 bits per heavy atom. The lowest BCUT2D eigenvalue weighted by atomic mass is 10.2. The minimum Gasteiger partial charge on any atom is -0.457 e. The molecule has 0 aliphatic rings. The Morgan fingerprint density at radius 2 is 1.42 bits per heavy atom. The van der Waals surface area contributed by atoms with Gasteiger partial charge in [-0.1, -0.05) is 28.1 Å².